The standard InChI is InChI=1S/C8H5NO2.C2H6/c10-7-5-3-1-2-4-6(5)8(11)9-7;1-2/h1-4H,(H,9,10,11);1-2H3. The minimum atomic E-state index is -0.300. The number of amides is 2. The van der Waals surface area contributed by atoms with Crippen molar-refractivity contribution in [3.05, 3.63) is 35.4 Å². The number of carbonyl (C=O) groups is 2. The Hall–Kier alpha value is -1.64. The molecule has 1 heterocycles. The lowest BCUT2D eigenvalue weighted by molar-refractivity contribution is 0.0879. The van der Waals surface area contributed by atoms with Crippen LogP contribution in [0.15, 0.2) is 24.3 Å². The first-order valence-electron chi connectivity index (χ1n) is 4.24. The highest BCUT2D eigenvalue weighted by atomic mass is 16.2. The first-order valence-corrected chi connectivity index (χ1v) is 4.24. The second-order valence-corrected chi connectivity index (χ2v) is 2.33. The van der Waals surface area contributed by atoms with Crippen molar-refractivity contribution in [2.45, 2.75) is 13.8 Å². The molecule has 0 aliphatic carbocycles. The summed E-state index contributed by atoms with van der Waals surface area (Å²) < 4.78 is 0. The molecule has 0 bridgehead atoms. The average Bonchev–Trinajstić information content (AvgIpc) is 2.47. The van der Waals surface area contributed by atoms with Crippen LogP contribution in [0.5, 0.6) is 0 Å². The fraction of sp³-hybridized carbons (Fsp3) is 0.200. The molecule has 1 aromatic carbocycles. The van der Waals surface area contributed by atoms with Gasteiger partial charge in [-0.05, 0) is 12.1 Å². The van der Waals surface area contributed by atoms with E-state index in [4.69, 9.17) is 0 Å². The van der Waals surface area contributed by atoms with Crippen LogP contribution in [0, 0.1) is 0 Å². The largest absolute Gasteiger partial charge is 0.288 e. The fourth-order valence-corrected chi connectivity index (χ4v) is 1.12. The molecule has 1 aliphatic rings. The Bertz CT molecular complexity index is 312. The molecule has 2 rings (SSSR count). The highest BCUT2D eigenvalue weighted by Crippen LogP contribution is 2.13. The van der Waals surface area contributed by atoms with E-state index in [2.05, 4.69) is 5.32 Å². The topological polar surface area (TPSA) is 46.2 Å². The van der Waals surface area contributed by atoms with Gasteiger partial charge in [-0.2, -0.15) is 0 Å². The van der Waals surface area contributed by atoms with Crippen LogP contribution in [0.4, 0.5) is 0 Å². The van der Waals surface area contributed by atoms with E-state index in [0.717, 1.165) is 0 Å². The third kappa shape index (κ3) is 1.59. The molecule has 0 unspecified atom stereocenters. The lowest BCUT2D eigenvalue weighted by Crippen LogP contribution is -2.19. The summed E-state index contributed by atoms with van der Waals surface area (Å²) in [6.07, 6.45) is 0. The maximum absolute atomic E-state index is 10.9. The van der Waals surface area contributed by atoms with Crippen LogP contribution in [-0.4, -0.2) is 11.8 Å². The highest BCUT2D eigenvalue weighted by Gasteiger charge is 2.25. The molecule has 1 N–H and O–H groups in total. The molecule has 3 heteroatoms. The molecule has 0 atom stereocenters. The van der Waals surface area contributed by atoms with E-state index in [1.54, 1.807) is 24.3 Å². The van der Waals surface area contributed by atoms with Gasteiger partial charge in [0.1, 0.15) is 0 Å². The molecule has 0 fully saturated rings. The zero-order valence-corrected chi connectivity index (χ0v) is 7.63. The number of nitrogens with one attached hydrogen (secondary N) is 1. The summed E-state index contributed by atoms with van der Waals surface area (Å²) in [5, 5.41) is 2.20. The number of imide groups is 1. The normalized spacial score (nSPS) is 12.8. The second kappa shape index (κ2) is 3.85. The molecule has 1 aliphatic heterocycles. The van der Waals surface area contributed by atoms with Crippen LogP contribution in [0.1, 0.15) is 34.6 Å². The Kier molecular flexibility index (Phi) is 2.80. The number of fused-ring (bicyclic) bond motifs is 1. The van der Waals surface area contributed by atoms with E-state index in [9.17, 15) is 9.59 Å². The Balaban J connectivity index is 0.000000396. The predicted octanol–water partition coefficient (Wildman–Crippen LogP) is 1.60. The van der Waals surface area contributed by atoms with Crippen molar-refractivity contribution in [3.63, 3.8) is 0 Å². The van der Waals surface area contributed by atoms with Crippen LogP contribution in [0.25, 0.3) is 0 Å². The van der Waals surface area contributed by atoms with E-state index in [1.165, 1.54) is 0 Å². The van der Waals surface area contributed by atoms with Gasteiger partial charge >= 0.3 is 0 Å². The van der Waals surface area contributed by atoms with E-state index in [1.807, 2.05) is 13.8 Å². The van der Waals surface area contributed by atoms with Gasteiger partial charge < -0.3 is 0 Å². The van der Waals surface area contributed by atoms with Crippen molar-refractivity contribution in [2.75, 3.05) is 0 Å². The molecule has 68 valence electrons. The molecule has 0 radical (unpaired) electrons. The molecule has 13 heavy (non-hydrogen) atoms. The van der Waals surface area contributed by atoms with Crippen LogP contribution in [-0.2, 0) is 0 Å². The van der Waals surface area contributed by atoms with Gasteiger partial charge in [0.2, 0.25) is 0 Å². The van der Waals surface area contributed by atoms with Crippen molar-refractivity contribution in [3.8, 4) is 0 Å². The van der Waals surface area contributed by atoms with Gasteiger partial charge in [0.25, 0.3) is 11.8 Å². The first kappa shape index (κ1) is 9.45. The van der Waals surface area contributed by atoms with Gasteiger partial charge in [0, 0.05) is 0 Å². The molecule has 0 spiro atoms. The maximum atomic E-state index is 10.9. The highest BCUT2D eigenvalue weighted by molar-refractivity contribution is 6.21. The van der Waals surface area contributed by atoms with Gasteiger partial charge in [0.05, 0.1) is 11.1 Å². The van der Waals surface area contributed by atoms with Crippen molar-refractivity contribution in [1.82, 2.24) is 5.32 Å². The maximum Gasteiger partial charge on any atom is 0.258 e. The summed E-state index contributed by atoms with van der Waals surface area (Å²) in [5.41, 5.74) is 0.940. The zero-order chi connectivity index (χ0) is 9.84. The minimum Gasteiger partial charge on any atom is -0.288 e. The Morgan fingerprint density at radius 3 is 1.69 bits per heavy atom. The molecule has 0 aromatic heterocycles. The summed E-state index contributed by atoms with van der Waals surface area (Å²) in [4.78, 5) is 21.9. The van der Waals surface area contributed by atoms with Crippen molar-refractivity contribution in [2.24, 2.45) is 0 Å². The number of benzene rings is 1. The monoisotopic (exact) mass is 177 g/mol. The van der Waals surface area contributed by atoms with E-state index in [0.29, 0.717) is 11.1 Å². The predicted molar refractivity (Wildman–Crippen MR) is 49.6 cm³/mol. The van der Waals surface area contributed by atoms with Crippen LogP contribution in [0.2, 0.25) is 0 Å². The number of hydrogen-bond donors (Lipinski definition) is 1. The van der Waals surface area contributed by atoms with Crippen LogP contribution < -0.4 is 5.32 Å². The van der Waals surface area contributed by atoms with Crippen molar-refractivity contribution >= 4 is 11.8 Å². The minimum absolute atomic E-state index is 0.300. The van der Waals surface area contributed by atoms with E-state index in [-0.39, 0.29) is 11.8 Å². The molecule has 2 amide bonds. The molecule has 1 aromatic rings. The smallest absolute Gasteiger partial charge is 0.258 e. The van der Waals surface area contributed by atoms with Crippen LogP contribution in [0.3, 0.4) is 0 Å². The summed E-state index contributed by atoms with van der Waals surface area (Å²) in [7, 11) is 0. The summed E-state index contributed by atoms with van der Waals surface area (Å²) in [6, 6.07) is 6.74. The lowest BCUT2D eigenvalue weighted by Gasteiger charge is -1.88. The molecular formula is C10H11NO2. The fourth-order valence-electron chi connectivity index (χ4n) is 1.12. The number of carbonyl (C=O) groups excluding carboxylic acids is 2. The Labute approximate surface area is 76.8 Å². The van der Waals surface area contributed by atoms with Gasteiger partial charge in [-0.3, -0.25) is 14.9 Å². The SMILES string of the molecule is CC.O=C1NC(=O)c2ccccc21. The average molecular weight is 177 g/mol. The van der Waals surface area contributed by atoms with Gasteiger partial charge in [-0.25, -0.2) is 0 Å². The Morgan fingerprint density at radius 2 is 1.31 bits per heavy atom. The van der Waals surface area contributed by atoms with Gasteiger partial charge in [-0.1, -0.05) is 26.0 Å². The van der Waals surface area contributed by atoms with E-state index >= 15 is 0 Å². The van der Waals surface area contributed by atoms with Crippen molar-refractivity contribution < 1.29 is 9.59 Å². The quantitative estimate of drug-likeness (QED) is 0.612. The third-order valence-corrected chi connectivity index (χ3v) is 1.64. The second-order valence-electron chi connectivity index (χ2n) is 2.33. The molecule has 3 nitrogen and oxygen atoms in total. The molecular weight excluding hydrogens is 166 g/mol. The van der Waals surface area contributed by atoms with E-state index < -0.39 is 0 Å². The lowest BCUT2D eigenvalue weighted by atomic mass is 10.1. The Morgan fingerprint density at radius 1 is 0.923 bits per heavy atom. The third-order valence-electron chi connectivity index (χ3n) is 1.64. The van der Waals surface area contributed by atoms with Gasteiger partial charge in [-0.15, -0.1) is 0 Å². The summed E-state index contributed by atoms with van der Waals surface area (Å²) >= 11 is 0. The zero-order valence-electron chi connectivity index (χ0n) is 7.63. The van der Waals surface area contributed by atoms with Gasteiger partial charge in [0.15, 0.2) is 0 Å². The number of rotatable bonds is 0. The molecule has 0 saturated carbocycles. The van der Waals surface area contributed by atoms with Crippen molar-refractivity contribution in [1.29, 1.82) is 0 Å². The molecule has 0 saturated heterocycles. The summed E-state index contributed by atoms with van der Waals surface area (Å²) in [5.74, 6) is -0.601. The van der Waals surface area contributed by atoms with Crippen LogP contribution >= 0.6 is 0 Å². The number of hydrogen-bond acceptors (Lipinski definition) is 2. The first-order chi connectivity index (χ1) is 6.29. The summed E-state index contributed by atoms with van der Waals surface area (Å²) in [6.45, 7) is 4.00.